The molecule has 11 heteroatoms. The van der Waals surface area contributed by atoms with E-state index in [-0.39, 0.29) is 24.6 Å². The van der Waals surface area contributed by atoms with E-state index in [0.29, 0.717) is 40.6 Å². The summed E-state index contributed by atoms with van der Waals surface area (Å²) >= 11 is 0. The molecule has 0 aliphatic carbocycles. The minimum Gasteiger partial charge on any atom is -0.493 e. The Morgan fingerprint density at radius 3 is 2.43 bits per heavy atom. The Bertz CT molecular complexity index is 1290. The highest BCUT2D eigenvalue weighted by molar-refractivity contribution is 5.97. The van der Waals surface area contributed by atoms with Crippen molar-refractivity contribution in [2.75, 3.05) is 32.7 Å². The van der Waals surface area contributed by atoms with Gasteiger partial charge in [-0.05, 0) is 43.2 Å². The van der Waals surface area contributed by atoms with E-state index in [1.54, 1.807) is 54.8 Å². The van der Waals surface area contributed by atoms with Gasteiger partial charge in [-0.1, -0.05) is 20.3 Å². The van der Waals surface area contributed by atoms with Gasteiger partial charge in [0.2, 0.25) is 0 Å². The van der Waals surface area contributed by atoms with E-state index in [2.05, 4.69) is 10.6 Å². The van der Waals surface area contributed by atoms with Gasteiger partial charge in [0.15, 0.2) is 11.5 Å². The lowest BCUT2D eigenvalue weighted by molar-refractivity contribution is -0.141. The molecule has 3 aromatic rings. The van der Waals surface area contributed by atoms with Crippen LogP contribution in [-0.4, -0.2) is 65.8 Å². The zero-order chi connectivity index (χ0) is 27.1. The highest BCUT2D eigenvalue weighted by Crippen LogP contribution is 2.35. The van der Waals surface area contributed by atoms with Crippen LogP contribution >= 0.6 is 0 Å². The number of imidazole rings is 1. The number of fused-ring (bicyclic) bond motifs is 1. The number of carboxylic acid groups (broad SMARTS) is 1. The van der Waals surface area contributed by atoms with Crippen LogP contribution in [-0.2, 0) is 14.3 Å². The standard InChI is InChI=1S/C26H32N4O7/c1-6-15(3)22(26(33)34)29-25(32)17-10-11-30-20(13-17)28-23(24(30)27-14-21(31)37-7-2)16-8-9-18(35-4)19(12-16)36-5/h8-13,15,22,27H,6-7,14H2,1-5H3,(H,29,32)(H,33,34). The lowest BCUT2D eigenvalue weighted by Gasteiger charge is -2.20. The van der Waals surface area contributed by atoms with Crippen LogP contribution in [0.2, 0.25) is 0 Å². The number of aliphatic carboxylic acids is 1. The van der Waals surface area contributed by atoms with Gasteiger partial charge in [-0.3, -0.25) is 14.0 Å². The molecule has 0 radical (unpaired) electrons. The summed E-state index contributed by atoms with van der Waals surface area (Å²) in [5.74, 6) is -0.742. The molecule has 1 amide bonds. The number of nitrogens with zero attached hydrogens (tertiary/aromatic N) is 2. The average molecular weight is 513 g/mol. The fourth-order valence-corrected chi connectivity index (χ4v) is 3.82. The maximum atomic E-state index is 12.9. The number of rotatable bonds is 12. The Kier molecular flexibility index (Phi) is 8.94. The lowest BCUT2D eigenvalue weighted by atomic mass is 9.99. The second kappa shape index (κ2) is 12.1. The molecule has 0 saturated heterocycles. The largest absolute Gasteiger partial charge is 0.493 e. The predicted molar refractivity (Wildman–Crippen MR) is 137 cm³/mol. The Hall–Kier alpha value is -4.28. The van der Waals surface area contributed by atoms with Crippen LogP contribution in [0.4, 0.5) is 5.82 Å². The number of carboxylic acids is 1. The molecule has 198 valence electrons. The van der Waals surface area contributed by atoms with E-state index in [9.17, 15) is 19.5 Å². The van der Waals surface area contributed by atoms with Crippen molar-refractivity contribution < 1.29 is 33.7 Å². The van der Waals surface area contributed by atoms with Crippen molar-refractivity contribution in [3.05, 3.63) is 42.1 Å². The summed E-state index contributed by atoms with van der Waals surface area (Å²) in [6.45, 7) is 5.52. The maximum Gasteiger partial charge on any atom is 0.326 e. The molecule has 0 aliphatic heterocycles. The second-order valence-electron chi connectivity index (χ2n) is 8.36. The van der Waals surface area contributed by atoms with Gasteiger partial charge in [0.1, 0.15) is 29.7 Å². The molecule has 3 rings (SSSR count). The predicted octanol–water partition coefficient (Wildman–Crippen LogP) is 3.22. The third-order valence-corrected chi connectivity index (χ3v) is 6.02. The van der Waals surface area contributed by atoms with Crippen LogP contribution < -0.4 is 20.1 Å². The number of carbonyl (C=O) groups is 3. The topological polar surface area (TPSA) is 140 Å². The van der Waals surface area contributed by atoms with Gasteiger partial charge in [0.25, 0.3) is 5.91 Å². The smallest absolute Gasteiger partial charge is 0.326 e. The monoisotopic (exact) mass is 512 g/mol. The SMILES string of the molecule is CCOC(=O)CNc1c(-c2ccc(OC)c(OC)c2)nc2cc(C(=O)NC(C(=O)O)C(C)CC)ccn12. The fourth-order valence-electron chi connectivity index (χ4n) is 3.82. The highest BCUT2D eigenvalue weighted by Gasteiger charge is 2.26. The maximum absolute atomic E-state index is 12.9. The lowest BCUT2D eigenvalue weighted by Crippen LogP contribution is -2.45. The van der Waals surface area contributed by atoms with Crippen LogP contribution in [0, 0.1) is 5.92 Å². The molecule has 37 heavy (non-hydrogen) atoms. The molecule has 3 N–H and O–H groups in total. The quantitative estimate of drug-likeness (QED) is 0.312. The molecular weight excluding hydrogens is 480 g/mol. The molecule has 0 bridgehead atoms. The number of ether oxygens (including phenoxy) is 3. The molecule has 0 saturated carbocycles. The Morgan fingerprint density at radius 2 is 1.81 bits per heavy atom. The van der Waals surface area contributed by atoms with Crippen molar-refractivity contribution in [2.24, 2.45) is 5.92 Å². The van der Waals surface area contributed by atoms with Gasteiger partial charge in [-0.25, -0.2) is 9.78 Å². The number of pyridine rings is 1. The Morgan fingerprint density at radius 1 is 1.08 bits per heavy atom. The van der Waals surface area contributed by atoms with Crippen LogP contribution in [0.5, 0.6) is 11.5 Å². The molecule has 11 nitrogen and oxygen atoms in total. The number of hydrogen-bond acceptors (Lipinski definition) is 8. The minimum atomic E-state index is -1.09. The number of hydrogen-bond donors (Lipinski definition) is 3. The molecule has 2 atom stereocenters. The first-order chi connectivity index (χ1) is 17.7. The summed E-state index contributed by atoms with van der Waals surface area (Å²) in [4.78, 5) is 41.3. The van der Waals surface area contributed by atoms with E-state index in [1.165, 1.54) is 14.2 Å². The van der Waals surface area contributed by atoms with Crippen molar-refractivity contribution in [1.82, 2.24) is 14.7 Å². The summed E-state index contributed by atoms with van der Waals surface area (Å²) in [5.41, 5.74) is 1.86. The number of aromatic nitrogens is 2. The van der Waals surface area contributed by atoms with E-state index in [0.717, 1.165) is 0 Å². The number of anilines is 1. The van der Waals surface area contributed by atoms with Gasteiger partial charge < -0.3 is 30.0 Å². The van der Waals surface area contributed by atoms with Crippen molar-refractivity contribution in [1.29, 1.82) is 0 Å². The van der Waals surface area contributed by atoms with E-state index in [1.807, 2.05) is 6.92 Å². The van der Waals surface area contributed by atoms with Crippen LogP contribution in [0.25, 0.3) is 16.9 Å². The average Bonchev–Trinajstić information content (AvgIpc) is 3.27. The zero-order valence-electron chi connectivity index (χ0n) is 21.5. The number of nitrogens with one attached hydrogen (secondary N) is 2. The molecular formula is C26H32N4O7. The molecule has 2 heterocycles. The van der Waals surface area contributed by atoms with Gasteiger partial charge in [0.05, 0.1) is 20.8 Å². The molecule has 2 unspecified atom stereocenters. The van der Waals surface area contributed by atoms with Crippen LogP contribution in [0.15, 0.2) is 36.5 Å². The van der Waals surface area contributed by atoms with Crippen LogP contribution in [0.3, 0.4) is 0 Å². The Labute approximate surface area is 214 Å². The first kappa shape index (κ1) is 27.3. The normalized spacial score (nSPS) is 12.5. The van der Waals surface area contributed by atoms with Crippen molar-refractivity contribution in [3.63, 3.8) is 0 Å². The summed E-state index contributed by atoms with van der Waals surface area (Å²) in [7, 11) is 3.07. The van der Waals surface area contributed by atoms with Gasteiger partial charge >= 0.3 is 11.9 Å². The summed E-state index contributed by atoms with van der Waals surface area (Å²) < 4.78 is 17.5. The van der Waals surface area contributed by atoms with Gasteiger partial charge in [0, 0.05) is 17.3 Å². The molecule has 2 aromatic heterocycles. The summed E-state index contributed by atoms with van der Waals surface area (Å²) in [6.07, 6.45) is 2.23. The van der Waals surface area contributed by atoms with Gasteiger partial charge in [-0.2, -0.15) is 0 Å². The first-order valence-corrected chi connectivity index (χ1v) is 11.9. The third kappa shape index (κ3) is 6.11. The van der Waals surface area contributed by atoms with E-state index < -0.39 is 23.9 Å². The first-order valence-electron chi connectivity index (χ1n) is 11.9. The molecule has 1 aromatic carbocycles. The van der Waals surface area contributed by atoms with Crippen molar-refractivity contribution >= 4 is 29.3 Å². The number of carbonyl (C=O) groups excluding carboxylic acids is 2. The van der Waals surface area contributed by atoms with Crippen molar-refractivity contribution in [3.8, 4) is 22.8 Å². The molecule has 0 spiro atoms. The second-order valence-corrected chi connectivity index (χ2v) is 8.36. The molecule has 0 fully saturated rings. The molecule has 0 aliphatic rings. The fraction of sp³-hybridized carbons (Fsp3) is 0.385. The van der Waals surface area contributed by atoms with Crippen molar-refractivity contribution in [2.45, 2.75) is 33.2 Å². The van der Waals surface area contributed by atoms with Crippen LogP contribution in [0.1, 0.15) is 37.6 Å². The summed E-state index contributed by atoms with van der Waals surface area (Å²) in [6, 6.07) is 7.41. The summed E-state index contributed by atoms with van der Waals surface area (Å²) in [5, 5.41) is 15.2. The highest BCUT2D eigenvalue weighted by atomic mass is 16.5. The number of esters is 1. The number of benzene rings is 1. The van der Waals surface area contributed by atoms with Gasteiger partial charge in [-0.15, -0.1) is 0 Å². The number of amides is 1. The van der Waals surface area contributed by atoms with E-state index in [4.69, 9.17) is 19.2 Å². The zero-order valence-corrected chi connectivity index (χ0v) is 21.5. The van der Waals surface area contributed by atoms with E-state index >= 15 is 0 Å². The third-order valence-electron chi connectivity index (χ3n) is 6.02. The Balaban J connectivity index is 2.04. The number of methoxy groups -OCH3 is 2. The minimum absolute atomic E-state index is 0.0979.